The lowest BCUT2D eigenvalue weighted by Crippen LogP contribution is -2.47. The summed E-state index contributed by atoms with van der Waals surface area (Å²) >= 11 is 0. The Morgan fingerprint density at radius 2 is 2.00 bits per heavy atom. The van der Waals surface area contributed by atoms with Crippen LogP contribution in [-0.4, -0.2) is 49.8 Å². The van der Waals surface area contributed by atoms with E-state index in [0.29, 0.717) is 29.7 Å². The number of halogens is 2. The van der Waals surface area contributed by atoms with Crippen molar-refractivity contribution in [3.8, 4) is 0 Å². The Morgan fingerprint density at radius 1 is 1.20 bits per heavy atom. The quantitative estimate of drug-likeness (QED) is 0.637. The van der Waals surface area contributed by atoms with Gasteiger partial charge in [0.1, 0.15) is 17.3 Å². The first kappa shape index (κ1) is 20.1. The van der Waals surface area contributed by atoms with E-state index in [1.165, 1.54) is 6.20 Å². The summed E-state index contributed by atoms with van der Waals surface area (Å²) in [5.41, 5.74) is 2.51. The third kappa shape index (κ3) is 4.37. The predicted octanol–water partition coefficient (Wildman–Crippen LogP) is 3.26. The van der Waals surface area contributed by atoms with E-state index in [2.05, 4.69) is 25.3 Å². The van der Waals surface area contributed by atoms with Crippen molar-refractivity contribution < 1.29 is 13.6 Å². The molecular weight excluding hydrogens is 392 g/mol. The molecular formula is C20H23F2N7O. The van der Waals surface area contributed by atoms with Gasteiger partial charge in [-0.05, 0) is 32.6 Å². The number of rotatable bonds is 7. The Morgan fingerprint density at radius 3 is 2.70 bits per heavy atom. The molecule has 1 aliphatic rings. The first-order valence-corrected chi connectivity index (χ1v) is 9.88. The van der Waals surface area contributed by atoms with Crippen LogP contribution in [0.1, 0.15) is 41.1 Å². The average molecular weight is 415 g/mol. The van der Waals surface area contributed by atoms with Crippen LogP contribution in [0.15, 0.2) is 24.8 Å². The van der Waals surface area contributed by atoms with Crippen molar-refractivity contribution in [2.24, 2.45) is 5.92 Å². The normalized spacial score (nSPS) is 14.4. The van der Waals surface area contributed by atoms with Crippen molar-refractivity contribution in [2.75, 3.05) is 23.3 Å². The topological polar surface area (TPSA) is 88.3 Å². The number of aryl methyl sites for hydroxylation is 2. The molecule has 0 aliphatic carbocycles. The van der Waals surface area contributed by atoms with Gasteiger partial charge >= 0.3 is 0 Å². The molecule has 1 saturated heterocycles. The van der Waals surface area contributed by atoms with Gasteiger partial charge in [-0.1, -0.05) is 0 Å². The summed E-state index contributed by atoms with van der Waals surface area (Å²) in [5, 5.41) is 2.74. The highest BCUT2D eigenvalue weighted by molar-refractivity contribution is 6.02. The van der Waals surface area contributed by atoms with Gasteiger partial charge in [-0.15, -0.1) is 0 Å². The number of imidazole rings is 1. The molecule has 0 radical (unpaired) electrons. The van der Waals surface area contributed by atoms with Crippen molar-refractivity contribution in [2.45, 2.75) is 39.5 Å². The zero-order chi connectivity index (χ0) is 21.3. The highest BCUT2D eigenvalue weighted by Crippen LogP contribution is 2.26. The zero-order valence-corrected chi connectivity index (χ0v) is 16.8. The number of carbonyl (C=O) groups is 1. The molecule has 3 aromatic rings. The smallest absolute Gasteiger partial charge is 0.277 e. The molecule has 8 nitrogen and oxygen atoms in total. The van der Waals surface area contributed by atoms with E-state index in [1.54, 1.807) is 12.4 Å². The number of anilines is 2. The van der Waals surface area contributed by atoms with E-state index in [1.807, 2.05) is 29.3 Å². The highest BCUT2D eigenvalue weighted by atomic mass is 19.3. The lowest BCUT2D eigenvalue weighted by Gasteiger charge is -2.40. The number of alkyl halides is 2. The molecule has 1 amide bonds. The number of nitrogens with one attached hydrogen (secondary N) is 1. The molecule has 4 rings (SSSR count). The number of nitrogens with zero attached hydrogens (tertiary/aromatic N) is 6. The zero-order valence-electron chi connectivity index (χ0n) is 16.8. The van der Waals surface area contributed by atoms with Crippen LogP contribution in [0.3, 0.4) is 0 Å². The number of hydrogen-bond donors (Lipinski definition) is 1. The van der Waals surface area contributed by atoms with E-state index >= 15 is 0 Å². The maximum absolute atomic E-state index is 12.5. The van der Waals surface area contributed by atoms with Crippen LogP contribution in [0.4, 0.5) is 20.4 Å². The Balaban J connectivity index is 1.34. The number of carbonyl (C=O) groups excluding carboxylic acids is 1. The molecule has 0 bridgehead atoms. The maximum Gasteiger partial charge on any atom is 0.277 e. The van der Waals surface area contributed by atoms with Crippen LogP contribution in [0.2, 0.25) is 0 Å². The molecule has 0 atom stereocenters. The molecule has 0 aromatic carbocycles. The molecule has 158 valence electrons. The van der Waals surface area contributed by atoms with Crippen LogP contribution in [0.5, 0.6) is 0 Å². The second kappa shape index (κ2) is 8.29. The predicted molar refractivity (Wildman–Crippen MR) is 108 cm³/mol. The monoisotopic (exact) mass is 415 g/mol. The van der Waals surface area contributed by atoms with Gasteiger partial charge in [0.25, 0.3) is 5.91 Å². The minimum atomic E-state index is -2.23. The van der Waals surface area contributed by atoms with Crippen molar-refractivity contribution in [3.05, 3.63) is 41.9 Å². The molecule has 0 spiro atoms. The number of hydrogen-bond acceptors (Lipinski definition) is 6. The summed E-state index contributed by atoms with van der Waals surface area (Å²) in [6.45, 7) is 5.28. The van der Waals surface area contributed by atoms with Crippen molar-refractivity contribution in [1.29, 1.82) is 0 Å². The van der Waals surface area contributed by atoms with Gasteiger partial charge in [-0.25, -0.2) is 28.7 Å². The molecule has 3 aromatic heterocycles. The fraction of sp³-hybridized carbons (Fsp3) is 0.450. The van der Waals surface area contributed by atoms with Gasteiger partial charge in [0.15, 0.2) is 5.65 Å². The minimum absolute atomic E-state index is 0.0398. The molecule has 30 heavy (non-hydrogen) atoms. The second-order valence-electron chi connectivity index (χ2n) is 7.63. The maximum atomic E-state index is 12.5. The van der Waals surface area contributed by atoms with Crippen LogP contribution in [-0.2, 0) is 0 Å². The lowest BCUT2D eigenvalue weighted by molar-refractivity contribution is 0.102. The van der Waals surface area contributed by atoms with Crippen LogP contribution >= 0.6 is 0 Å². The molecule has 1 fully saturated rings. The fourth-order valence-corrected chi connectivity index (χ4v) is 3.62. The number of aromatic nitrogens is 5. The van der Waals surface area contributed by atoms with Gasteiger partial charge in [0.05, 0.1) is 30.0 Å². The lowest BCUT2D eigenvalue weighted by atomic mass is 9.94. The molecule has 0 unspecified atom stereocenters. The minimum Gasteiger partial charge on any atom is -0.355 e. The third-order valence-corrected chi connectivity index (χ3v) is 5.15. The summed E-state index contributed by atoms with van der Waals surface area (Å²) < 4.78 is 26.2. The van der Waals surface area contributed by atoms with E-state index in [0.717, 1.165) is 30.9 Å². The van der Waals surface area contributed by atoms with Crippen molar-refractivity contribution >= 4 is 23.2 Å². The Labute approximate surface area is 172 Å². The first-order chi connectivity index (χ1) is 14.4. The van der Waals surface area contributed by atoms with E-state index in [4.69, 9.17) is 0 Å². The van der Waals surface area contributed by atoms with Gasteiger partial charge in [-0.3, -0.25) is 4.79 Å². The van der Waals surface area contributed by atoms with Gasteiger partial charge in [-0.2, -0.15) is 0 Å². The third-order valence-electron chi connectivity index (χ3n) is 5.15. The van der Waals surface area contributed by atoms with Crippen molar-refractivity contribution in [3.63, 3.8) is 0 Å². The molecule has 0 saturated carbocycles. The van der Waals surface area contributed by atoms with Gasteiger partial charge in [0, 0.05) is 25.7 Å². The molecule has 10 heteroatoms. The Bertz CT molecular complexity index is 1050. The standard InChI is InChI=1S/C20H23F2N7O/c1-12-8-29-11-17(26-13(2)19(29)25-12)27-20(30)15-6-24-18(7-23-15)28-9-14(10-28)4-3-5-16(21)22/h6-8,11,14,16H,3-5,9-10H2,1-2H3,(H,27,30). The van der Waals surface area contributed by atoms with Crippen LogP contribution in [0.25, 0.3) is 5.65 Å². The van der Waals surface area contributed by atoms with Crippen molar-refractivity contribution in [1.82, 2.24) is 24.3 Å². The highest BCUT2D eigenvalue weighted by Gasteiger charge is 2.28. The van der Waals surface area contributed by atoms with Gasteiger partial charge in [0.2, 0.25) is 6.43 Å². The Hall–Kier alpha value is -3.17. The summed E-state index contributed by atoms with van der Waals surface area (Å²) in [7, 11) is 0. The fourth-order valence-electron chi connectivity index (χ4n) is 3.62. The largest absolute Gasteiger partial charge is 0.355 e. The van der Waals surface area contributed by atoms with E-state index < -0.39 is 12.3 Å². The van der Waals surface area contributed by atoms with Gasteiger partial charge < -0.3 is 14.6 Å². The average Bonchev–Trinajstić information content (AvgIpc) is 3.04. The SMILES string of the molecule is Cc1cn2cc(NC(=O)c3cnc(N4CC(CCCC(F)F)C4)cn3)nc(C)c2n1. The van der Waals surface area contributed by atoms with E-state index in [-0.39, 0.29) is 12.1 Å². The van der Waals surface area contributed by atoms with Crippen LogP contribution < -0.4 is 10.2 Å². The van der Waals surface area contributed by atoms with E-state index in [9.17, 15) is 13.6 Å². The summed E-state index contributed by atoms with van der Waals surface area (Å²) in [6.07, 6.45) is 5.63. The van der Waals surface area contributed by atoms with Crippen LogP contribution in [0, 0.1) is 19.8 Å². The summed E-state index contributed by atoms with van der Waals surface area (Å²) in [4.78, 5) is 31.8. The summed E-state index contributed by atoms with van der Waals surface area (Å²) in [6, 6.07) is 0. The molecule has 1 aliphatic heterocycles. The molecule has 4 heterocycles. The summed E-state index contributed by atoms with van der Waals surface area (Å²) in [5.74, 6) is 1.10. The second-order valence-corrected chi connectivity index (χ2v) is 7.63. The molecule has 1 N–H and O–H groups in total. The first-order valence-electron chi connectivity index (χ1n) is 9.88. The number of amides is 1. The Kier molecular flexibility index (Phi) is 5.56. The number of fused-ring (bicyclic) bond motifs is 1.